The van der Waals surface area contributed by atoms with E-state index in [1.165, 1.54) is 0 Å². The molecule has 2 rings (SSSR count). The smallest absolute Gasteiger partial charge is 0.241 e. The van der Waals surface area contributed by atoms with Gasteiger partial charge in [-0.2, -0.15) is 0 Å². The van der Waals surface area contributed by atoms with Gasteiger partial charge in [-0.05, 0) is 43.5 Å². The lowest BCUT2D eigenvalue weighted by Crippen LogP contribution is -2.35. The lowest BCUT2D eigenvalue weighted by molar-refractivity contribution is -0.117. The molecule has 1 aliphatic rings. The van der Waals surface area contributed by atoms with Crippen LogP contribution in [0, 0.1) is 13.8 Å². The average Bonchev–Trinajstić information content (AvgIpc) is 2.63. The lowest BCUT2D eigenvalue weighted by atomic mass is 10.1. The Labute approximate surface area is 101 Å². The summed E-state index contributed by atoms with van der Waals surface area (Å²) in [6, 6.07) is 5.66. The van der Waals surface area contributed by atoms with Crippen molar-refractivity contribution in [1.29, 1.82) is 0 Å². The Hall–Kier alpha value is -1.39. The molecular weight excluding hydrogens is 216 g/mol. The second-order valence-electron chi connectivity index (χ2n) is 4.72. The summed E-state index contributed by atoms with van der Waals surface area (Å²) in [5.74, 6) is -0.0773. The Morgan fingerprint density at radius 2 is 2.00 bits per heavy atom. The van der Waals surface area contributed by atoms with Gasteiger partial charge in [0.15, 0.2) is 0 Å². The zero-order chi connectivity index (χ0) is 12.4. The van der Waals surface area contributed by atoms with Crippen molar-refractivity contribution in [2.45, 2.75) is 32.4 Å². The molecule has 3 N–H and O–H groups in total. The standard InChI is InChI=1S/C13H18N2O2/c1-8-3-9(2)5-10(4-8)15-13(17)12-6-11(16)7-14-12/h3-5,11-12,14,16H,6-7H2,1-2H3,(H,15,17). The third-order valence-corrected chi connectivity index (χ3v) is 2.91. The molecule has 4 nitrogen and oxygen atoms in total. The molecule has 1 amide bonds. The van der Waals surface area contributed by atoms with Crippen molar-refractivity contribution in [3.8, 4) is 0 Å². The van der Waals surface area contributed by atoms with Crippen molar-refractivity contribution in [2.24, 2.45) is 0 Å². The Kier molecular flexibility index (Phi) is 3.45. The van der Waals surface area contributed by atoms with Crippen LogP contribution in [0.3, 0.4) is 0 Å². The van der Waals surface area contributed by atoms with Gasteiger partial charge in [0.25, 0.3) is 0 Å². The molecule has 0 radical (unpaired) electrons. The van der Waals surface area contributed by atoms with Gasteiger partial charge in [-0.1, -0.05) is 6.07 Å². The maximum atomic E-state index is 11.9. The monoisotopic (exact) mass is 234 g/mol. The van der Waals surface area contributed by atoms with E-state index < -0.39 is 6.10 Å². The van der Waals surface area contributed by atoms with Crippen LogP contribution in [-0.4, -0.2) is 29.7 Å². The molecule has 4 heteroatoms. The molecule has 1 aromatic rings. The fourth-order valence-corrected chi connectivity index (χ4v) is 2.19. The fraction of sp³-hybridized carbons (Fsp3) is 0.462. The number of anilines is 1. The van der Waals surface area contributed by atoms with E-state index in [9.17, 15) is 9.90 Å². The molecular formula is C13H18N2O2. The van der Waals surface area contributed by atoms with E-state index in [2.05, 4.69) is 16.7 Å². The highest BCUT2D eigenvalue weighted by molar-refractivity contribution is 5.95. The van der Waals surface area contributed by atoms with Crippen LogP contribution in [-0.2, 0) is 4.79 Å². The van der Waals surface area contributed by atoms with Crippen LogP contribution in [0.4, 0.5) is 5.69 Å². The zero-order valence-corrected chi connectivity index (χ0v) is 10.2. The number of carbonyl (C=O) groups excluding carboxylic acids is 1. The predicted octanol–water partition coefficient (Wildman–Crippen LogP) is 0.965. The van der Waals surface area contributed by atoms with Gasteiger partial charge in [-0.15, -0.1) is 0 Å². The van der Waals surface area contributed by atoms with Gasteiger partial charge in [0.05, 0.1) is 12.1 Å². The normalized spacial score (nSPS) is 23.7. The molecule has 1 aliphatic heterocycles. The molecule has 17 heavy (non-hydrogen) atoms. The summed E-state index contributed by atoms with van der Waals surface area (Å²) < 4.78 is 0. The second-order valence-corrected chi connectivity index (χ2v) is 4.72. The number of hydrogen-bond acceptors (Lipinski definition) is 3. The highest BCUT2D eigenvalue weighted by Gasteiger charge is 2.27. The maximum Gasteiger partial charge on any atom is 0.241 e. The summed E-state index contributed by atoms with van der Waals surface area (Å²) in [6.07, 6.45) is 0.0707. The summed E-state index contributed by atoms with van der Waals surface area (Å²) in [4.78, 5) is 11.9. The highest BCUT2D eigenvalue weighted by Crippen LogP contribution is 2.15. The lowest BCUT2D eigenvalue weighted by Gasteiger charge is -2.12. The van der Waals surface area contributed by atoms with Crippen LogP contribution in [0.1, 0.15) is 17.5 Å². The summed E-state index contributed by atoms with van der Waals surface area (Å²) in [6.45, 7) is 4.49. The van der Waals surface area contributed by atoms with Crippen molar-refractivity contribution in [3.63, 3.8) is 0 Å². The number of nitrogens with one attached hydrogen (secondary N) is 2. The fourth-order valence-electron chi connectivity index (χ4n) is 2.19. The summed E-state index contributed by atoms with van der Waals surface area (Å²) >= 11 is 0. The third-order valence-electron chi connectivity index (χ3n) is 2.91. The van der Waals surface area contributed by atoms with Gasteiger partial charge in [0.2, 0.25) is 5.91 Å². The quantitative estimate of drug-likeness (QED) is 0.714. The first-order valence-corrected chi connectivity index (χ1v) is 5.85. The Morgan fingerprint density at radius 1 is 1.35 bits per heavy atom. The van der Waals surface area contributed by atoms with Crippen molar-refractivity contribution >= 4 is 11.6 Å². The molecule has 1 fully saturated rings. The molecule has 2 atom stereocenters. The first-order valence-electron chi connectivity index (χ1n) is 5.85. The largest absolute Gasteiger partial charge is 0.392 e. The number of carbonyl (C=O) groups is 1. The molecule has 0 aliphatic carbocycles. The number of rotatable bonds is 2. The minimum Gasteiger partial charge on any atom is -0.392 e. The average molecular weight is 234 g/mol. The van der Waals surface area contributed by atoms with Gasteiger partial charge in [0.1, 0.15) is 0 Å². The predicted molar refractivity (Wildman–Crippen MR) is 67.0 cm³/mol. The maximum absolute atomic E-state index is 11.9. The zero-order valence-electron chi connectivity index (χ0n) is 10.2. The molecule has 0 spiro atoms. The number of β-amino-alcohol motifs (C(OH)–C–C–N with tert-alkyl or cyclic N) is 1. The van der Waals surface area contributed by atoms with E-state index in [1.54, 1.807) is 0 Å². The van der Waals surface area contributed by atoms with Gasteiger partial charge >= 0.3 is 0 Å². The van der Waals surface area contributed by atoms with Crippen molar-refractivity contribution in [1.82, 2.24) is 5.32 Å². The van der Waals surface area contributed by atoms with E-state index in [0.29, 0.717) is 13.0 Å². The molecule has 1 saturated heterocycles. The van der Waals surface area contributed by atoms with E-state index in [1.807, 2.05) is 26.0 Å². The Balaban J connectivity index is 2.03. The number of aryl methyl sites for hydroxylation is 2. The van der Waals surface area contributed by atoms with E-state index in [4.69, 9.17) is 0 Å². The molecule has 1 heterocycles. The molecule has 0 aromatic heterocycles. The first-order chi connectivity index (χ1) is 8.04. The minimum atomic E-state index is -0.412. The molecule has 0 saturated carbocycles. The van der Waals surface area contributed by atoms with E-state index in [-0.39, 0.29) is 11.9 Å². The number of aliphatic hydroxyl groups excluding tert-OH is 1. The minimum absolute atomic E-state index is 0.0773. The highest BCUT2D eigenvalue weighted by atomic mass is 16.3. The van der Waals surface area contributed by atoms with Gasteiger partial charge in [-0.3, -0.25) is 4.79 Å². The van der Waals surface area contributed by atoms with Crippen molar-refractivity contribution in [2.75, 3.05) is 11.9 Å². The SMILES string of the molecule is Cc1cc(C)cc(NC(=O)C2CC(O)CN2)c1. The molecule has 2 unspecified atom stereocenters. The van der Waals surface area contributed by atoms with Crippen LogP contribution in [0.15, 0.2) is 18.2 Å². The van der Waals surface area contributed by atoms with Gasteiger partial charge in [0, 0.05) is 12.2 Å². The van der Waals surface area contributed by atoms with Crippen molar-refractivity contribution in [3.05, 3.63) is 29.3 Å². The van der Waals surface area contributed by atoms with Crippen LogP contribution in [0.2, 0.25) is 0 Å². The van der Waals surface area contributed by atoms with Crippen LogP contribution in [0.5, 0.6) is 0 Å². The number of amides is 1. The van der Waals surface area contributed by atoms with Crippen LogP contribution in [0.25, 0.3) is 0 Å². The Morgan fingerprint density at radius 3 is 2.53 bits per heavy atom. The van der Waals surface area contributed by atoms with Crippen LogP contribution >= 0.6 is 0 Å². The molecule has 0 bridgehead atoms. The van der Waals surface area contributed by atoms with Crippen molar-refractivity contribution < 1.29 is 9.90 Å². The second kappa shape index (κ2) is 4.85. The third kappa shape index (κ3) is 3.05. The summed E-state index contributed by atoms with van der Waals surface area (Å²) in [5, 5.41) is 15.2. The molecule has 92 valence electrons. The number of benzene rings is 1. The topological polar surface area (TPSA) is 61.4 Å². The van der Waals surface area contributed by atoms with E-state index >= 15 is 0 Å². The Bertz CT molecular complexity index is 411. The number of aliphatic hydroxyl groups is 1. The first kappa shape index (κ1) is 12.1. The van der Waals surface area contributed by atoms with E-state index in [0.717, 1.165) is 16.8 Å². The van der Waals surface area contributed by atoms with Gasteiger partial charge in [-0.25, -0.2) is 0 Å². The van der Waals surface area contributed by atoms with Crippen LogP contribution < -0.4 is 10.6 Å². The van der Waals surface area contributed by atoms with Gasteiger partial charge < -0.3 is 15.7 Å². The summed E-state index contributed by atoms with van der Waals surface area (Å²) in [5.41, 5.74) is 3.06. The summed E-state index contributed by atoms with van der Waals surface area (Å²) in [7, 11) is 0. The number of hydrogen-bond donors (Lipinski definition) is 3. The molecule has 1 aromatic carbocycles.